The van der Waals surface area contributed by atoms with Gasteiger partial charge < -0.3 is 9.72 Å². The first-order chi connectivity index (χ1) is 11.2. The number of hydrogen-bond donors (Lipinski definition) is 1. The van der Waals surface area contributed by atoms with Crippen molar-refractivity contribution in [3.05, 3.63) is 72.2 Å². The van der Waals surface area contributed by atoms with Crippen LogP contribution in [0.25, 0.3) is 5.65 Å². The summed E-state index contributed by atoms with van der Waals surface area (Å²) in [6.07, 6.45) is 5.24. The van der Waals surface area contributed by atoms with Gasteiger partial charge in [0.05, 0.1) is 5.69 Å². The van der Waals surface area contributed by atoms with Gasteiger partial charge >= 0.3 is 0 Å². The maximum Gasteiger partial charge on any atom is 0.220 e. The van der Waals surface area contributed by atoms with Crippen LogP contribution in [0.2, 0.25) is 0 Å². The van der Waals surface area contributed by atoms with Gasteiger partial charge in [-0.15, -0.1) is 0 Å². The van der Waals surface area contributed by atoms with E-state index in [0.717, 1.165) is 17.8 Å². The molecule has 0 radical (unpaired) electrons. The Morgan fingerprint density at radius 3 is 2.74 bits per heavy atom. The van der Waals surface area contributed by atoms with Gasteiger partial charge in [0.25, 0.3) is 0 Å². The number of aromatic nitrogens is 2. The highest BCUT2D eigenvalue weighted by atomic mass is 16.1. The van der Waals surface area contributed by atoms with Crippen LogP contribution in [-0.4, -0.2) is 21.8 Å². The molecule has 1 amide bonds. The van der Waals surface area contributed by atoms with Crippen molar-refractivity contribution in [2.24, 2.45) is 0 Å². The predicted molar refractivity (Wildman–Crippen MR) is 91.4 cm³/mol. The number of nitrogens with zero attached hydrogens (tertiary/aromatic N) is 2. The van der Waals surface area contributed by atoms with E-state index < -0.39 is 0 Å². The number of amides is 1. The molecule has 0 aliphatic carbocycles. The fourth-order valence-corrected chi connectivity index (χ4v) is 2.69. The third-order valence-corrected chi connectivity index (χ3v) is 3.98. The molecule has 3 aromatic rings. The Morgan fingerprint density at radius 2 is 1.96 bits per heavy atom. The fraction of sp³-hybridized carbons (Fsp3) is 0.263. The smallest absolute Gasteiger partial charge is 0.220 e. The number of rotatable bonds is 6. The summed E-state index contributed by atoms with van der Waals surface area (Å²) in [5, 5.41) is 2.99. The predicted octanol–water partition coefficient (Wildman–Crippen LogP) is 3.19. The van der Waals surface area contributed by atoms with E-state index >= 15 is 0 Å². The third-order valence-electron chi connectivity index (χ3n) is 3.98. The summed E-state index contributed by atoms with van der Waals surface area (Å²) in [6.45, 7) is 2.70. The number of carbonyl (C=O) groups excluding carboxylic acids is 1. The van der Waals surface area contributed by atoms with Gasteiger partial charge in [-0.2, -0.15) is 0 Å². The van der Waals surface area contributed by atoms with Crippen LogP contribution >= 0.6 is 0 Å². The SMILES string of the molecule is CC(CC(=O)NCCc1cn2ccccc2n1)c1ccccc1. The lowest BCUT2D eigenvalue weighted by Gasteiger charge is -2.11. The lowest BCUT2D eigenvalue weighted by atomic mass is 9.97. The molecule has 1 unspecified atom stereocenters. The van der Waals surface area contributed by atoms with Crippen molar-refractivity contribution in [1.29, 1.82) is 0 Å². The van der Waals surface area contributed by atoms with E-state index in [1.165, 1.54) is 5.56 Å². The van der Waals surface area contributed by atoms with Crippen LogP contribution < -0.4 is 5.32 Å². The van der Waals surface area contributed by atoms with Crippen molar-refractivity contribution >= 4 is 11.6 Å². The summed E-state index contributed by atoms with van der Waals surface area (Å²) in [5.74, 6) is 0.316. The first-order valence-corrected chi connectivity index (χ1v) is 7.96. The number of pyridine rings is 1. The van der Waals surface area contributed by atoms with E-state index in [9.17, 15) is 4.79 Å². The van der Waals surface area contributed by atoms with E-state index in [2.05, 4.69) is 29.4 Å². The molecular formula is C19H21N3O. The zero-order valence-electron chi connectivity index (χ0n) is 13.3. The van der Waals surface area contributed by atoms with E-state index in [-0.39, 0.29) is 11.8 Å². The molecule has 0 spiro atoms. The molecule has 2 aromatic heterocycles. The zero-order valence-corrected chi connectivity index (χ0v) is 13.3. The van der Waals surface area contributed by atoms with Crippen molar-refractivity contribution in [2.75, 3.05) is 6.54 Å². The van der Waals surface area contributed by atoms with Gasteiger partial charge in [0.15, 0.2) is 0 Å². The molecule has 4 heteroatoms. The van der Waals surface area contributed by atoms with Crippen molar-refractivity contribution in [3.8, 4) is 0 Å². The molecule has 0 aliphatic heterocycles. The second-order valence-electron chi connectivity index (χ2n) is 5.81. The highest BCUT2D eigenvalue weighted by molar-refractivity contribution is 5.76. The molecule has 1 N–H and O–H groups in total. The number of carbonyl (C=O) groups is 1. The maximum absolute atomic E-state index is 12.1. The monoisotopic (exact) mass is 307 g/mol. The summed E-state index contributed by atoms with van der Waals surface area (Å²) in [5.41, 5.74) is 3.13. The normalized spacial score (nSPS) is 12.2. The minimum Gasteiger partial charge on any atom is -0.356 e. The van der Waals surface area contributed by atoms with Crippen LogP contribution in [0.5, 0.6) is 0 Å². The van der Waals surface area contributed by atoms with Crippen LogP contribution in [-0.2, 0) is 11.2 Å². The molecule has 0 bridgehead atoms. The first kappa shape index (κ1) is 15.3. The Hall–Kier alpha value is -2.62. The van der Waals surface area contributed by atoms with Gasteiger partial charge in [-0.1, -0.05) is 43.3 Å². The molecular weight excluding hydrogens is 286 g/mol. The number of fused-ring (bicyclic) bond motifs is 1. The van der Waals surface area contributed by atoms with E-state index in [1.807, 2.05) is 53.2 Å². The van der Waals surface area contributed by atoms with Crippen molar-refractivity contribution in [3.63, 3.8) is 0 Å². The van der Waals surface area contributed by atoms with E-state index in [0.29, 0.717) is 13.0 Å². The number of hydrogen-bond acceptors (Lipinski definition) is 2. The van der Waals surface area contributed by atoms with Gasteiger partial charge in [-0.3, -0.25) is 4.79 Å². The van der Waals surface area contributed by atoms with Gasteiger partial charge in [-0.05, 0) is 23.6 Å². The number of imidazole rings is 1. The molecule has 1 aromatic carbocycles. The Balaban J connectivity index is 1.47. The van der Waals surface area contributed by atoms with E-state index in [1.54, 1.807) is 0 Å². The van der Waals surface area contributed by atoms with Crippen LogP contribution in [0.3, 0.4) is 0 Å². The lowest BCUT2D eigenvalue weighted by Crippen LogP contribution is -2.26. The van der Waals surface area contributed by atoms with Gasteiger partial charge in [0, 0.05) is 31.8 Å². The molecule has 118 valence electrons. The van der Waals surface area contributed by atoms with Crippen molar-refractivity contribution in [1.82, 2.24) is 14.7 Å². The number of benzene rings is 1. The average Bonchev–Trinajstić information content (AvgIpc) is 2.98. The van der Waals surface area contributed by atoms with Crippen molar-refractivity contribution in [2.45, 2.75) is 25.7 Å². The second-order valence-corrected chi connectivity index (χ2v) is 5.81. The number of nitrogens with one attached hydrogen (secondary N) is 1. The topological polar surface area (TPSA) is 46.4 Å². The Morgan fingerprint density at radius 1 is 1.17 bits per heavy atom. The Labute approximate surface area is 136 Å². The molecule has 1 atom stereocenters. The van der Waals surface area contributed by atoms with Crippen LogP contribution in [0.1, 0.15) is 30.5 Å². The van der Waals surface area contributed by atoms with Crippen LogP contribution in [0, 0.1) is 0 Å². The largest absolute Gasteiger partial charge is 0.356 e. The van der Waals surface area contributed by atoms with Crippen LogP contribution in [0.15, 0.2) is 60.9 Å². The van der Waals surface area contributed by atoms with Gasteiger partial charge in [0.1, 0.15) is 5.65 Å². The van der Waals surface area contributed by atoms with Gasteiger partial charge in [-0.25, -0.2) is 4.98 Å². The maximum atomic E-state index is 12.1. The summed E-state index contributed by atoms with van der Waals surface area (Å²) >= 11 is 0. The molecule has 23 heavy (non-hydrogen) atoms. The molecule has 0 saturated carbocycles. The molecule has 0 aliphatic rings. The highest BCUT2D eigenvalue weighted by Crippen LogP contribution is 2.17. The fourth-order valence-electron chi connectivity index (χ4n) is 2.69. The summed E-state index contributed by atoms with van der Waals surface area (Å²) in [6, 6.07) is 16.1. The molecule has 3 rings (SSSR count). The minimum absolute atomic E-state index is 0.0881. The lowest BCUT2D eigenvalue weighted by molar-refractivity contribution is -0.121. The molecule has 4 nitrogen and oxygen atoms in total. The van der Waals surface area contributed by atoms with Gasteiger partial charge in [0.2, 0.25) is 5.91 Å². The van der Waals surface area contributed by atoms with Crippen molar-refractivity contribution < 1.29 is 4.79 Å². The first-order valence-electron chi connectivity index (χ1n) is 7.96. The average molecular weight is 307 g/mol. The van der Waals surface area contributed by atoms with Crippen LogP contribution in [0.4, 0.5) is 0 Å². The third kappa shape index (κ3) is 3.97. The quantitative estimate of drug-likeness (QED) is 0.760. The minimum atomic E-state index is 0.0881. The highest BCUT2D eigenvalue weighted by Gasteiger charge is 2.10. The molecule has 0 fully saturated rings. The standard InChI is InChI=1S/C19H21N3O/c1-15(16-7-3-2-4-8-16)13-19(23)20-11-10-17-14-22-12-6-5-9-18(22)21-17/h2-9,12,14-15H,10-11,13H2,1H3,(H,20,23). The summed E-state index contributed by atoms with van der Waals surface area (Å²) in [7, 11) is 0. The second kappa shape index (κ2) is 7.09. The summed E-state index contributed by atoms with van der Waals surface area (Å²) < 4.78 is 1.99. The molecule has 0 saturated heterocycles. The van der Waals surface area contributed by atoms with E-state index in [4.69, 9.17) is 0 Å². The Kier molecular flexibility index (Phi) is 4.71. The molecule has 2 heterocycles. The Bertz CT molecular complexity index is 746. The summed E-state index contributed by atoms with van der Waals surface area (Å²) in [4.78, 5) is 16.6. The zero-order chi connectivity index (χ0) is 16.1.